The third-order valence-electron chi connectivity index (χ3n) is 2.29. The Balaban J connectivity index is 2.69. The molecule has 0 bridgehead atoms. The van der Waals surface area contributed by atoms with Crippen LogP contribution < -0.4 is 5.48 Å². The number of aliphatic carboxylic acids is 1. The van der Waals surface area contributed by atoms with Crippen LogP contribution in [0.15, 0.2) is 12.2 Å². The molecule has 0 aromatic carbocycles. The molecule has 0 unspecified atom stereocenters. The number of hydroxylamine groups is 1. The SMILES string of the molecule is CONC(=O)[C@@H]1CC=CC[C@@H]1C(=O)O. The van der Waals surface area contributed by atoms with Crippen molar-refractivity contribution in [2.75, 3.05) is 7.11 Å². The molecular weight excluding hydrogens is 186 g/mol. The van der Waals surface area contributed by atoms with E-state index >= 15 is 0 Å². The minimum atomic E-state index is -0.939. The lowest BCUT2D eigenvalue weighted by Crippen LogP contribution is -2.38. The summed E-state index contributed by atoms with van der Waals surface area (Å²) in [6, 6.07) is 0. The van der Waals surface area contributed by atoms with Crippen molar-refractivity contribution in [2.24, 2.45) is 11.8 Å². The standard InChI is InChI=1S/C9H13NO4/c1-14-10-8(11)6-4-2-3-5-7(6)9(12)13/h2-3,6-7H,4-5H2,1H3,(H,10,11)(H,12,13)/t6-,7+/m1/s1. The fraction of sp³-hybridized carbons (Fsp3) is 0.556. The topological polar surface area (TPSA) is 75.6 Å². The van der Waals surface area contributed by atoms with Gasteiger partial charge in [0.1, 0.15) is 0 Å². The van der Waals surface area contributed by atoms with Crippen LogP contribution in [0.5, 0.6) is 0 Å². The molecular formula is C9H13NO4. The van der Waals surface area contributed by atoms with Gasteiger partial charge in [-0.05, 0) is 12.8 Å². The van der Waals surface area contributed by atoms with Crippen LogP contribution >= 0.6 is 0 Å². The number of carbonyl (C=O) groups is 2. The van der Waals surface area contributed by atoms with Gasteiger partial charge in [-0.1, -0.05) is 12.2 Å². The smallest absolute Gasteiger partial charge is 0.307 e. The van der Waals surface area contributed by atoms with E-state index in [1.807, 2.05) is 6.08 Å². The number of rotatable bonds is 3. The Bertz CT molecular complexity index is 262. The maximum atomic E-state index is 11.4. The number of nitrogens with one attached hydrogen (secondary N) is 1. The summed E-state index contributed by atoms with van der Waals surface area (Å²) in [6.45, 7) is 0. The molecule has 1 amide bonds. The van der Waals surface area contributed by atoms with Crippen LogP contribution in [0.3, 0.4) is 0 Å². The highest BCUT2D eigenvalue weighted by atomic mass is 16.6. The summed E-state index contributed by atoms with van der Waals surface area (Å²) >= 11 is 0. The number of hydrogen-bond donors (Lipinski definition) is 2. The van der Waals surface area contributed by atoms with E-state index in [0.29, 0.717) is 12.8 Å². The highest BCUT2D eigenvalue weighted by Crippen LogP contribution is 2.25. The molecule has 0 saturated heterocycles. The maximum absolute atomic E-state index is 11.4. The van der Waals surface area contributed by atoms with E-state index in [-0.39, 0.29) is 5.91 Å². The van der Waals surface area contributed by atoms with Crippen LogP contribution in [0.1, 0.15) is 12.8 Å². The Morgan fingerprint density at radius 3 is 2.43 bits per heavy atom. The van der Waals surface area contributed by atoms with Crippen molar-refractivity contribution < 1.29 is 19.5 Å². The van der Waals surface area contributed by atoms with E-state index < -0.39 is 17.8 Å². The van der Waals surface area contributed by atoms with Gasteiger partial charge in [0.15, 0.2) is 0 Å². The Kier molecular flexibility index (Phi) is 3.64. The van der Waals surface area contributed by atoms with Gasteiger partial charge in [0, 0.05) is 0 Å². The van der Waals surface area contributed by atoms with Crippen molar-refractivity contribution in [2.45, 2.75) is 12.8 Å². The number of amides is 1. The number of hydrogen-bond acceptors (Lipinski definition) is 3. The third-order valence-corrected chi connectivity index (χ3v) is 2.29. The minimum absolute atomic E-state index is 0.371. The van der Waals surface area contributed by atoms with Gasteiger partial charge in [-0.3, -0.25) is 14.4 Å². The summed E-state index contributed by atoms with van der Waals surface area (Å²) in [5.74, 6) is -2.48. The Labute approximate surface area is 81.7 Å². The van der Waals surface area contributed by atoms with E-state index in [2.05, 4.69) is 10.3 Å². The summed E-state index contributed by atoms with van der Waals surface area (Å²) in [5, 5.41) is 8.87. The maximum Gasteiger partial charge on any atom is 0.307 e. The lowest BCUT2D eigenvalue weighted by Gasteiger charge is -2.23. The number of carbonyl (C=O) groups excluding carboxylic acids is 1. The largest absolute Gasteiger partial charge is 0.481 e. The number of carboxylic acids is 1. The first-order valence-corrected chi connectivity index (χ1v) is 4.37. The molecule has 5 nitrogen and oxygen atoms in total. The molecule has 1 aliphatic rings. The van der Waals surface area contributed by atoms with Crippen molar-refractivity contribution in [3.05, 3.63) is 12.2 Å². The highest BCUT2D eigenvalue weighted by molar-refractivity contribution is 5.84. The van der Waals surface area contributed by atoms with Gasteiger partial charge >= 0.3 is 5.97 Å². The number of allylic oxidation sites excluding steroid dienone is 2. The van der Waals surface area contributed by atoms with E-state index in [9.17, 15) is 9.59 Å². The van der Waals surface area contributed by atoms with Crippen molar-refractivity contribution in [3.63, 3.8) is 0 Å². The van der Waals surface area contributed by atoms with Crippen molar-refractivity contribution in [1.29, 1.82) is 0 Å². The van der Waals surface area contributed by atoms with E-state index in [1.54, 1.807) is 6.08 Å². The van der Waals surface area contributed by atoms with E-state index in [0.717, 1.165) is 0 Å². The number of carboxylic acid groups (broad SMARTS) is 1. The Morgan fingerprint density at radius 1 is 1.36 bits per heavy atom. The predicted octanol–water partition coefficient (Wildman–Crippen LogP) is 0.331. The molecule has 0 fully saturated rings. The monoisotopic (exact) mass is 199 g/mol. The van der Waals surface area contributed by atoms with Crippen molar-refractivity contribution in [1.82, 2.24) is 5.48 Å². The molecule has 0 spiro atoms. The zero-order chi connectivity index (χ0) is 10.6. The summed E-state index contributed by atoms with van der Waals surface area (Å²) in [7, 11) is 1.33. The molecule has 0 heterocycles. The van der Waals surface area contributed by atoms with Crippen LogP contribution in [-0.2, 0) is 14.4 Å². The van der Waals surface area contributed by atoms with Gasteiger partial charge in [0.2, 0.25) is 5.91 Å². The first-order chi connectivity index (χ1) is 6.66. The molecule has 14 heavy (non-hydrogen) atoms. The third kappa shape index (κ3) is 2.32. The minimum Gasteiger partial charge on any atom is -0.481 e. The van der Waals surface area contributed by atoms with Gasteiger partial charge < -0.3 is 5.11 Å². The lowest BCUT2D eigenvalue weighted by atomic mass is 9.82. The van der Waals surface area contributed by atoms with Crippen molar-refractivity contribution >= 4 is 11.9 Å². The Hall–Kier alpha value is -1.36. The normalized spacial score (nSPS) is 25.8. The van der Waals surface area contributed by atoms with Crippen molar-refractivity contribution in [3.8, 4) is 0 Å². The quantitative estimate of drug-likeness (QED) is 0.507. The molecule has 0 saturated carbocycles. The van der Waals surface area contributed by atoms with E-state index in [4.69, 9.17) is 5.11 Å². The summed E-state index contributed by atoms with van der Waals surface area (Å²) < 4.78 is 0. The second-order valence-electron chi connectivity index (χ2n) is 3.16. The van der Waals surface area contributed by atoms with Gasteiger partial charge in [0.05, 0.1) is 18.9 Å². The molecule has 0 aliphatic heterocycles. The zero-order valence-electron chi connectivity index (χ0n) is 7.90. The molecule has 2 atom stereocenters. The molecule has 5 heteroatoms. The molecule has 1 aliphatic carbocycles. The second kappa shape index (κ2) is 4.76. The van der Waals surface area contributed by atoms with Crippen LogP contribution in [-0.4, -0.2) is 24.1 Å². The van der Waals surface area contributed by atoms with Gasteiger partial charge in [-0.2, -0.15) is 0 Å². The lowest BCUT2D eigenvalue weighted by molar-refractivity contribution is -0.150. The Morgan fingerprint density at radius 2 is 1.93 bits per heavy atom. The first kappa shape index (κ1) is 10.7. The molecule has 0 aromatic rings. The van der Waals surface area contributed by atoms with E-state index in [1.165, 1.54) is 7.11 Å². The van der Waals surface area contributed by atoms with Crippen LogP contribution in [0, 0.1) is 11.8 Å². The molecule has 0 radical (unpaired) electrons. The second-order valence-corrected chi connectivity index (χ2v) is 3.16. The van der Waals surface area contributed by atoms with Crippen LogP contribution in [0.2, 0.25) is 0 Å². The fourth-order valence-electron chi connectivity index (χ4n) is 1.55. The van der Waals surface area contributed by atoms with Gasteiger partial charge in [-0.15, -0.1) is 0 Å². The zero-order valence-corrected chi connectivity index (χ0v) is 7.90. The fourth-order valence-corrected chi connectivity index (χ4v) is 1.55. The summed E-state index contributed by atoms with van der Waals surface area (Å²) in [5.41, 5.74) is 2.16. The first-order valence-electron chi connectivity index (χ1n) is 4.37. The molecule has 78 valence electrons. The van der Waals surface area contributed by atoms with Gasteiger partial charge in [-0.25, -0.2) is 5.48 Å². The van der Waals surface area contributed by atoms with Crippen LogP contribution in [0.25, 0.3) is 0 Å². The predicted molar refractivity (Wildman–Crippen MR) is 48.1 cm³/mol. The van der Waals surface area contributed by atoms with Crippen LogP contribution in [0.4, 0.5) is 0 Å². The molecule has 1 rings (SSSR count). The molecule has 2 N–H and O–H groups in total. The molecule has 0 aromatic heterocycles. The average Bonchev–Trinajstić information content (AvgIpc) is 2.18. The average molecular weight is 199 g/mol. The highest BCUT2D eigenvalue weighted by Gasteiger charge is 2.33. The van der Waals surface area contributed by atoms with Gasteiger partial charge in [0.25, 0.3) is 0 Å². The summed E-state index contributed by atoms with van der Waals surface area (Å²) in [4.78, 5) is 26.7. The summed E-state index contributed by atoms with van der Waals surface area (Å²) in [6.07, 6.45) is 4.46.